The van der Waals surface area contributed by atoms with Crippen LogP contribution in [0.15, 0.2) is 11.0 Å². The fraction of sp³-hybridized carbons (Fsp3) is 0.583. The van der Waals surface area contributed by atoms with Gasteiger partial charge in [0, 0.05) is 26.2 Å². The molecule has 0 spiro atoms. The Hall–Kier alpha value is -1.60. The van der Waals surface area contributed by atoms with Crippen molar-refractivity contribution in [1.82, 2.24) is 14.7 Å². The Morgan fingerprint density at radius 2 is 2.20 bits per heavy atom. The Labute approximate surface area is 121 Å². The molecule has 7 nitrogen and oxygen atoms in total. The van der Waals surface area contributed by atoms with Crippen molar-refractivity contribution in [2.45, 2.75) is 18.9 Å². The highest BCUT2D eigenvalue weighted by molar-refractivity contribution is 6.32. The number of nitrogens with two attached hydrogens (primary N) is 1. The predicted octanol–water partition coefficient (Wildman–Crippen LogP) is -0.205. The molecule has 1 amide bonds. The van der Waals surface area contributed by atoms with Crippen molar-refractivity contribution in [1.29, 1.82) is 0 Å². The lowest BCUT2D eigenvalue weighted by atomic mass is 10.0. The molecule has 2 heterocycles. The van der Waals surface area contributed by atoms with Crippen LogP contribution in [0, 0.1) is 0 Å². The summed E-state index contributed by atoms with van der Waals surface area (Å²) in [6.07, 6.45) is 3.27. The van der Waals surface area contributed by atoms with Crippen LogP contribution in [0.2, 0.25) is 5.02 Å². The third-order valence-electron chi connectivity index (χ3n) is 3.40. The molecule has 1 saturated heterocycles. The number of hydrogen-bond donors (Lipinski definition) is 2. The molecule has 0 atom stereocenters. The number of carbonyl (C=O) groups excluding carboxylic acids is 1. The van der Waals surface area contributed by atoms with E-state index in [9.17, 15) is 9.59 Å². The summed E-state index contributed by atoms with van der Waals surface area (Å²) in [7, 11) is 1.56. The topological polar surface area (TPSA) is 93.2 Å². The van der Waals surface area contributed by atoms with Gasteiger partial charge in [-0.3, -0.25) is 14.5 Å². The van der Waals surface area contributed by atoms with Gasteiger partial charge in [0.2, 0.25) is 5.91 Å². The quantitative estimate of drug-likeness (QED) is 0.803. The van der Waals surface area contributed by atoms with Crippen LogP contribution in [0.5, 0.6) is 0 Å². The average Bonchev–Trinajstić information content (AvgIpc) is 2.41. The Balaban J connectivity index is 1.95. The van der Waals surface area contributed by atoms with Gasteiger partial charge in [0.15, 0.2) is 0 Å². The zero-order valence-corrected chi connectivity index (χ0v) is 12.1. The van der Waals surface area contributed by atoms with Gasteiger partial charge in [-0.05, 0) is 12.8 Å². The lowest BCUT2D eigenvalue weighted by Gasteiger charge is -2.32. The van der Waals surface area contributed by atoms with Crippen LogP contribution in [0.25, 0.3) is 0 Å². The van der Waals surface area contributed by atoms with Crippen LogP contribution >= 0.6 is 11.6 Å². The molecule has 0 bridgehead atoms. The van der Waals surface area contributed by atoms with Crippen molar-refractivity contribution in [2.75, 3.05) is 25.0 Å². The molecule has 1 aromatic rings. The van der Waals surface area contributed by atoms with Crippen LogP contribution in [0.4, 0.5) is 5.69 Å². The number of carbonyl (C=O) groups is 1. The van der Waals surface area contributed by atoms with Gasteiger partial charge in [0.25, 0.3) is 5.56 Å². The summed E-state index contributed by atoms with van der Waals surface area (Å²) < 4.78 is 1.20. The predicted molar refractivity (Wildman–Crippen MR) is 76.8 cm³/mol. The van der Waals surface area contributed by atoms with Crippen LogP contribution in [-0.4, -0.2) is 46.3 Å². The number of piperidine rings is 1. The van der Waals surface area contributed by atoms with Crippen molar-refractivity contribution in [3.8, 4) is 0 Å². The molecule has 1 aliphatic rings. The molecule has 0 aromatic carbocycles. The van der Waals surface area contributed by atoms with E-state index in [1.54, 1.807) is 13.2 Å². The molecule has 3 N–H and O–H groups in total. The SMILES string of the molecule is Cn1ncc(NC2CCN(CC(N)=O)CC2)c(Cl)c1=O. The number of rotatable bonds is 4. The van der Waals surface area contributed by atoms with Gasteiger partial charge in [-0.1, -0.05) is 11.6 Å². The van der Waals surface area contributed by atoms with Gasteiger partial charge in [-0.15, -0.1) is 0 Å². The number of aromatic nitrogens is 2. The van der Waals surface area contributed by atoms with E-state index in [0.717, 1.165) is 25.9 Å². The minimum absolute atomic E-state index is 0.155. The molecule has 0 saturated carbocycles. The second-order valence-electron chi connectivity index (χ2n) is 4.96. The molecule has 8 heteroatoms. The summed E-state index contributed by atoms with van der Waals surface area (Å²) in [5, 5.41) is 7.34. The summed E-state index contributed by atoms with van der Waals surface area (Å²) in [6, 6.07) is 0.213. The normalized spacial score (nSPS) is 17.1. The lowest BCUT2D eigenvalue weighted by Crippen LogP contribution is -2.43. The number of aryl methyl sites for hydroxylation is 1. The maximum atomic E-state index is 11.7. The Bertz CT molecular complexity index is 551. The number of hydrogen-bond acceptors (Lipinski definition) is 5. The number of nitrogens with one attached hydrogen (secondary N) is 1. The molecule has 0 radical (unpaired) electrons. The van der Waals surface area contributed by atoms with E-state index >= 15 is 0 Å². The van der Waals surface area contributed by atoms with E-state index in [0.29, 0.717) is 12.2 Å². The standard InChI is InChI=1S/C12H18ClN5O2/c1-17-12(20)11(13)9(6-15-17)16-8-2-4-18(5-3-8)7-10(14)19/h6,8,16H,2-5,7H2,1H3,(H2,14,19). The highest BCUT2D eigenvalue weighted by atomic mass is 35.5. The first kappa shape index (κ1) is 14.8. The monoisotopic (exact) mass is 299 g/mol. The molecule has 2 rings (SSSR count). The maximum absolute atomic E-state index is 11.7. The third kappa shape index (κ3) is 3.49. The van der Waals surface area contributed by atoms with Crippen molar-refractivity contribution in [3.05, 3.63) is 21.6 Å². The number of primary amides is 1. The molecule has 0 unspecified atom stereocenters. The maximum Gasteiger partial charge on any atom is 0.287 e. The van der Waals surface area contributed by atoms with Gasteiger partial charge in [-0.25, -0.2) is 4.68 Å². The molecule has 110 valence electrons. The second-order valence-corrected chi connectivity index (χ2v) is 5.34. The molecule has 0 aliphatic carbocycles. The summed E-state index contributed by atoms with van der Waals surface area (Å²) >= 11 is 6.01. The van der Waals surface area contributed by atoms with Crippen molar-refractivity contribution >= 4 is 23.2 Å². The number of anilines is 1. The average molecular weight is 300 g/mol. The van der Waals surface area contributed by atoms with Gasteiger partial charge < -0.3 is 11.1 Å². The van der Waals surface area contributed by atoms with Gasteiger partial charge in [0.1, 0.15) is 5.02 Å². The van der Waals surface area contributed by atoms with E-state index in [4.69, 9.17) is 17.3 Å². The molecular formula is C12H18ClN5O2. The summed E-state index contributed by atoms with van der Waals surface area (Å²) in [6.45, 7) is 1.87. The molecule has 20 heavy (non-hydrogen) atoms. The molecule has 1 fully saturated rings. The largest absolute Gasteiger partial charge is 0.380 e. The summed E-state index contributed by atoms with van der Waals surface area (Å²) in [5.74, 6) is -0.310. The molecular weight excluding hydrogens is 282 g/mol. The Morgan fingerprint density at radius 1 is 1.55 bits per heavy atom. The Morgan fingerprint density at radius 3 is 2.80 bits per heavy atom. The van der Waals surface area contributed by atoms with Crippen LogP contribution < -0.4 is 16.6 Å². The summed E-state index contributed by atoms with van der Waals surface area (Å²) in [5.41, 5.74) is 5.41. The first-order valence-electron chi connectivity index (χ1n) is 6.46. The third-order valence-corrected chi connectivity index (χ3v) is 3.77. The van der Waals surface area contributed by atoms with Crippen molar-refractivity contribution in [2.24, 2.45) is 12.8 Å². The fourth-order valence-corrected chi connectivity index (χ4v) is 2.51. The summed E-state index contributed by atoms with van der Waals surface area (Å²) in [4.78, 5) is 24.5. The van der Waals surface area contributed by atoms with E-state index in [2.05, 4.69) is 10.4 Å². The first-order valence-corrected chi connectivity index (χ1v) is 6.84. The smallest absolute Gasteiger partial charge is 0.287 e. The minimum atomic E-state index is -0.317. The lowest BCUT2D eigenvalue weighted by molar-refractivity contribution is -0.119. The zero-order chi connectivity index (χ0) is 14.7. The van der Waals surface area contributed by atoms with Gasteiger partial charge in [0.05, 0.1) is 18.4 Å². The number of nitrogens with zero attached hydrogens (tertiary/aromatic N) is 3. The van der Waals surface area contributed by atoms with Gasteiger partial charge in [-0.2, -0.15) is 5.10 Å². The second kappa shape index (κ2) is 6.23. The number of halogens is 1. The van der Waals surface area contributed by atoms with E-state index in [-0.39, 0.29) is 22.5 Å². The van der Waals surface area contributed by atoms with Crippen LogP contribution in [-0.2, 0) is 11.8 Å². The highest BCUT2D eigenvalue weighted by Crippen LogP contribution is 2.20. The Kier molecular flexibility index (Phi) is 4.61. The zero-order valence-electron chi connectivity index (χ0n) is 11.3. The van der Waals surface area contributed by atoms with Crippen LogP contribution in [0.3, 0.4) is 0 Å². The fourth-order valence-electron chi connectivity index (χ4n) is 2.29. The van der Waals surface area contributed by atoms with Gasteiger partial charge >= 0.3 is 0 Å². The van der Waals surface area contributed by atoms with Crippen molar-refractivity contribution in [3.63, 3.8) is 0 Å². The molecule has 1 aromatic heterocycles. The first-order chi connectivity index (χ1) is 9.47. The molecule has 1 aliphatic heterocycles. The highest BCUT2D eigenvalue weighted by Gasteiger charge is 2.21. The number of amides is 1. The van der Waals surface area contributed by atoms with Crippen molar-refractivity contribution < 1.29 is 4.79 Å². The van der Waals surface area contributed by atoms with E-state index in [1.807, 2.05) is 4.90 Å². The minimum Gasteiger partial charge on any atom is -0.380 e. The van der Waals surface area contributed by atoms with E-state index in [1.165, 1.54) is 4.68 Å². The van der Waals surface area contributed by atoms with Crippen LogP contribution in [0.1, 0.15) is 12.8 Å². The number of likely N-dealkylation sites (tertiary alicyclic amines) is 1. The van der Waals surface area contributed by atoms with E-state index < -0.39 is 0 Å².